The number of anilines is 1. The lowest BCUT2D eigenvalue weighted by Gasteiger charge is -2.16. The van der Waals surface area contributed by atoms with Crippen molar-refractivity contribution in [2.45, 2.75) is 12.8 Å². The van der Waals surface area contributed by atoms with E-state index in [1.165, 1.54) is 0 Å². The molecule has 7 heteroatoms. The van der Waals surface area contributed by atoms with Crippen molar-refractivity contribution in [1.82, 2.24) is 4.90 Å². The summed E-state index contributed by atoms with van der Waals surface area (Å²) in [5.41, 5.74) is 1.15. The number of halogens is 2. The van der Waals surface area contributed by atoms with Gasteiger partial charge in [-0.05, 0) is 65.8 Å². The molecule has 1 fully saturated rings. The summed E-state index contributed by atoms with van der Waals surface area (Å²) in [5.74, 6) is 0.310. The number of hydrogen-bond acceptors (Lipinski definition) is 3. The first-order valence-electron chi connectivity index (χ1n) is 8.30. The Morgan fingerprint density at radius 3 is 2.65 bits per heavy atom. The van der Waals surface area contributed by atoms with Crippen molar-refractivity contribution in [1.29, 1.82) is 0 Å². The van der Waals surface area contributed by atoms with Gasteiger partial charge in [0.2, 0.25) is 0 Å². The number of ether oxygens (including phenoxy) is 1. The van der Waals surface area contributed by atoms with Gasteiger partial charge in [0.1, 0.15) is 5.75 Å². The summed E-state index contributed by atoms with van der Waals surface area (Å²) in [7, 11) is 0. The SMILES string of the molecule is O=C(Nc1cccc(OCC(=O)N2CCCC2)c1)c1ccc(Cl)cc1I. The van der Waals surface area contributed by atoms with E-state index in [2.05, 4.69) is 27.9 Å². The van der Waals surface area contributed by atoms with Gasteiger partial charge in [0, 0.05) is 33.4 Å². The van der Waals surface area contributed by atoms with Crippen LogP contribution < -0.4 is 10.1 Å². The number of benzene rings is 2. The maximum absolute atomic E-state index is 12.4. The van der Waals surface area contributed by atoms with Crippen LogP contribution in [0.2, 0.25) is 5.02 Å². The molecule has 1 aliphatic heterocycles. The van der Waals surface area contributed by atoms with Crippen LogP contribution >= 0.6 is 34.2 Å². The number of carbonyl (C=O) groups is 2. The van der Waals surface area contributed by atoms with Gasteiger partial charge in [-0.3, -0.25) is 9.59 Å². The van der Waals surface area contributed by atoms with Gasteiger partial charge in [-0.25, -0.2) is 0 Å². The molecule has 0 spiro atoms. The molecule has 136 valence electrons. The Balaban J connectivity index is 1.61. The molecular weight excluding hydrogens is 467 g/mol. The highest BCUT2D eigenvalue weighted by Gasteiger charge is 2.18. The molecule has 1 aliphatic rings. The second-order valence-corrected chi connectivity index (χ2v) is 7.58. The number of likely N-dealkylation sites (tertiary alicyclic amines) is 1. The maximum Gasteiger partial charge on any atom is 0.260 e. The quantitative estimate of drug-likeness (QED) is 0.647. The standard InChI is InChI=1S/C19H18ClIN2O3/c20-13-6-7-16(17(21)10-13)19(25)22-14-4-3-5-15(11-14)26-12-18(24)23-8-1-2-9-23/h3-7,10-11H,1-2,8-9,12H2,(H,22,25). The number of nitrogens with one attached hydrogen (secondary N) is 1. The van der Waals surface area contributed by atoms with Gasteiger partial charge in [0.25, 0.3) is 11.8 Å². The van der Waals surface area contributed by atoms with Gasteiger partial charge in [0.05, 0.1) is 5.56 Å². The lowest BCUT2D eigenvalue weighted by atomic mass is 10.2. The third-order valence-corrected chi connectivity index (χ3v) is 5.22. The highest BCUT2D eigenvalue weighted by atomic mass is 127. The number of amides is 2. The first-order valence-corrected chi connectivity index (χ1v) is 9.75. The topological polar surface area (TPSA) is 58.6 Å². The van der Waals surface area contributed by atoms with Gasteiger partial charge in [0.15, 0.2) is 6.61 Å². The van der Waals surface area contributed by atoms with Crippen LogP contribution in [-0.4, -0.2) is 36.4 Å². The molecule has 2 aromatic rings. The molecule has 0 saturated carbocycles. The van der Waals surface area contributed by atoms with E-state index < -0.39 is 0 Å². The molecule has 26 heavy (non-hydrogen) atoms. The Kier molecular flexibility index (Phi) is 6.37. The van der Waals surface area contributed by atoms with Crippen molar-refractivity contribution in [3.05, 3.63) is 56.6 Å². The molecule has 0 atom stereocenters. The fourth-order valence-corrected chi connectivity index (χ4v) is 3.85. The molecule has 0 aliphatic carbocycles. The summed E-state index contributed by atoms with van der Waals surface area (Å²) in [6.45, 7) is 1.61. The molecule has 5 nitrogen and oxygen atoms in total. The van der Waals surface area contributed by atoms with Crippen molar-refractivity contribution in [2.24, 2.45) is 0 Å². The first-order chi connectivity index (χ1) is 12.5. The molecule has 3 rings (SSSR count). The zero-order valence-electron chi connectivity index (χ0n) is 14.0. The molecule has 1 N–H and O–H groups in total. The van der Waals surface area contributed by atoms with E-state index in [1.807, 2.05) is 4.90 Å². The van der Waals surface area contributed by atoms with E-state index in [9.17, 15) is 9.59 Å². The lowest BCUT2D eigenvalue weighted by Crippen LogP contribution is -2.32. The van der Waals surface area contributed by atoms with Crippen molar-refractivity contribution < 1.29 is 14.3 Å². The van der Waals surface area contributed by atoms with E-state index in [0.29, 0.717) is 22.0 Å². The van der Waals surface area contributed by atoms with Crippen molar-refractivity contribution >= 4 is 51.7 Å². The third-order valence-electron chi connectivity index (χ3n) is 4.09. The zero-order chi connectivity index (χ0) is 18.5. The van der Waals surface area contributed by atoms with Crippen LogP contribution in [0.4, 0.5) is 5.69 Å². The van der Waals surface area contributed by atoms with Gasteiger partial charge >= 0.3 is 0 Å². The second-order valence-electron chi connectivity index (χ2n) is 5.98. The molecule has 0 radical (unpaired) electrons. The van der Waals surface area contributed by atoms with Crippen LogP contribution in [0.5, 0.6) is 5.75 Å². The lowest BCUT2D eigenvalue weighted by molar-refractivity contribution is -0.132. The minimum Gasteiger partial charge on any atom is -0.484 e. The largest absolute Gasteiger partial charge is 0.484 e. The summed E-state index contributed by atoms with van der Waals surface area (Å²) in [4.78, 5) is 26.3. The Bertz CT molecular complexity index is 822. The Hall–Kier alpha value is -1.80. The molecule has 1 heterocycles. The molecule has 2 amide bonds. The normalized spacial score (nSPS) is 13.5. The fourth-order valence-electron chi connectivity index (χ4n) is 2.74. The highest BCUT2D eigenvalue weighted by Crippen LogP contribution is 2.22. The smallest absolute Gasteiger partial charge is 0.260 e. The molecule has 1 saturated heterocycles. The number of nitrogens with zero attached hydrogens (tertiary/aromatic N) is 1. The van der Waals surface area contributed by atoms with E-state index in [0.717, 1.165) is 29.5 Å². The predicted octanol–water partition coefficient (Wildman–Crippen LogP) is 4.20. The van der Waals surface area contributed by atoms with Crippen LogP contribution in [0, 0.1) is 3.57 Å². The van der Waals surface area contributed by atoms with Gasteiger partial charge in [-0.15, -0.1) is 0 Å². The average Bonchev–Trinajstić information content (AvgIpc) is 3.14. The molecule has 0 unspecified atom stereocenters. The van der Waals surface area contributed by atoms with E-state index in [-0.39, 0.29) is 18.4 Å². The number of carbonyl (C=O) groups excluding carboxylic acids is 2. The molecule has 2 aromatic carbocycles. The fraction of sp³-hybridized carbons (Fsp3) is 0.263. The van der Waals surface area contributed by atoms with Gasteiger partial charge in [-0.1, -0.05) is 17.7 Å². The zero-order valence-corrected chi connectivity index (χ0v) is 16.9. The Labute approximate surface area is 170 Å². The maximum atomic E-state index is 12.4. The first kappa shape index (κ1) is 19.0. The Morgan fingerprint density at radius 2 is 1.92 bits per heavy atom. The van der Waals surface area contributed by atoms with E-state index in [1.54, 1.807) is 42.5 Å². The molecule has 0 bridgehead atoms. The highest BCUT2D eigenvalue weighted by molar-refractivity contribution is 14.1. The minimum absolute atomic E-state index is 0.00643. The van der Waals surface area contributed by atoms with Crippen LogP contribution in [0.1, 0.15) is 23.2 Å². The number of hydrogen-bond donors (Lipinski definition) is 1. The van der Waals surface area contributed by atoms with E-state index >= 15 is 0 Å². The van der Waals surface area contributed by atoms with E-state index in [4.69, 9.17) is 16.3 Å². The van der Waals surface area contributed by atoms with Gasteiger partial charge < -0.3 is 15.0 Å². The summed E-state index contributed by atoms with van der Waals surface area (Å²) in [6.07, 6.45) is 2.10. The molecular formula is C19H18ClIN2O3. The Morgan fingerprint density at radius 1 is 1.15 bits per heavy atom. The summed E-state index contributed by atoms with van der Waals surface area (Å²) < 4.78 is 6.36. The second kappa shape index (κ2) is 8.73. The van der Waals surface area contributed by atoms with Crippen LogP contribution in [0.3, 0.4) is 0 Å². The minimum atomic E-state index is -0.226. The van der Waals surface area contributed by atoms with Gasteiger partial charge in [-0.2, -0.15) is 0 Å². The van der Waals surface area contributed by atoms with Crippen LogP contribution in [0.25, 0.3) is 0 Å². The number of rotatable bonds is 5. The van der Waals surface area contributed by atoms with Crippen LogP contribution in [0.15, 0.2) is 42.5 Å². The molecule has 0 aromatic heterocycles. The monoisotopic (exact) mass is 484 g/mol. The summed E-state index contributed by atoms with van der Waals surface area (Å²) >= 11 is 8.00. The summed E-state index contributed by atoms with van der Waals surface area (Å²) in [6, 6.07) is 12.1. The summed E-state index contributed by atoms with van der Waals surface area (Å²) in [5, 5.41) is 3.43. The van der Waals surface area contributed by atoms with Crippen molar-refractivity contribution in [2.75, 3.05) is 25.0 Å². The van der Waals surface area contributed by atoms with Crippen LogP contribution in [-0.2, 0) is 4.79 Å². The average molecular weight is 485 g/mol. The van der Waals surface area contributed by atoms with Crippen molar-refractivity contribution in [3.63, 3.8) is 0 Å². The van der Waals surface area contributed by atoms with Crippen molar-refractivity contribution in [3.8, 4) is 5.75 Å². The predicted molar refractivity (Wildman–Crippen MR) is 110 cm³/mol. The third kappa shape index (κ3) is 4.88.